The van der Waals surface area contributed by atoms with E-state index < -0.39 is 0 Å². The van der Waals surface area contributed by atoms with Gasteiger partial charge < -0.3 is 0 Å². The maximum absolute atomic E-state index is 4.79. The summed E-state index contributed by atoms with van der Waals surface area (Å²) >= 11 is 0. The van der Waals surface area contributed by atoms with E-state index in [9.17, 15) is 0 Å². The highest BCUT2D eigenvalue weighted by atomic mass is 31.0. The van der Waals surface area contributed by atoms with Crippen LogP contribution in [-0.4, -0.2) is 12.3 Å². The third kappa shape index (κ3) is 3.88. The number of allylic oxidation sites excluding steroid dienone is 2. The Morgan fingerprint density at radius 2 is 2.16 bits per heavy atom. The lowest BCUT2D eigenvalue weighted by Gasteiger charge is -2.09. The third-order valence-electron chi connectivity index (χ3n) is 3.47. The highest BCUT2D eigenvalue weighted by molar-refractivity contribution is 7.27. The number of benzene rings is 1. The SMILES string of the molecule is CCC(=NCC1=CCCC=C1)c1ccc(C)c(P)c1. The van der Waals surface area contributed by atoms with Crippen molar-refractivity contribution in [3.8, 4) is 0 Å². The van der Waals surface area contributed by atoms with Crippen LogP contribution in [0.1, 0.15) is 37.3 Å². The molecule has 0 heterocycles. The van der Waals surface area contributed by atoms with Gasteiger partial charge in [-0.25, -0.2) is 0 Å². The molecule has 1 aromatic rings. The molecule has 2 heteroatoms. The zero-order valence-corrected chi connectivity index (χ0v) is 13.0. The first-order valence-electron chi connectivity index (χ1n) is 6.96. The monoisotopic (exact) mass is 271 g/mol. The molecule has 2 rings (SSSR count). The van der Waals surface area contributed by atoms with E-state index in [2.05, 4.69) is 59.5 Å². The van der Waals surface area contributed by atoms with Crippen LogP contribution >= 0.6 is 9.24 Å². The van der Waals surface area contributed by atoms with Crippen molar-refractivity contribution in [2.75, 3.05) is 6.54 Å². The molecule has 0 aromatic heterocycles. The van der Waals surface area contributed by atoms with E-state index in [0.717, 1.165) is 19.4 Å². The summed E-state index contributed by atoms with van der Waals surface area (Å²) in [7, 11) is 2.80. The van der Waals surface area contributed by atoms with Gasteiger partial charge in [-0.1, -0.05) is 37.3 Å². The van der Waals surface area contributed by atoms with Gasteiger partial charge in [0.1, 0.15) is 0 Å². The van der Waals surface area contributed by atoms with Crippen LogP contribution in [0.25, 0.3) is 0 Å². The van der Waals surface area contributed by atoms with Crippen molar-refractivity contribution in [3.63, 3.8) is 0 Å². The van der Waals surface area contributed by atoms with E-state index in [4.69, 9.17) is 4.99 Å². The zero-order valence-electron chi connectivity index (χ0n) is 11.8. The van der Waals surface area contributed by atoms with Gasteiger partial charge in [0.2, 0.25) is 0 Å². The fourth-order valence-electron chi connectivity index (χ4n) is 2.20. The quantitative estimate of drug-likeness (QED) is 0.580. The summed E-state index contributed by atoms with van der Waals surface area (Å²) in [5.41, 5.74) is 5.10. The molecule has 0 N–H and O–H groups in total. The van der Waals surface area contributed by atoms with Crippen LogP contribution in [0.3, 0.4) is 0 Å². The average Bonchev–Trinajstić information content (AvgIpc) is 2.44. The largest absolute Gasteiger partial charge is 0.284 e. The molecule has 1 aliphatic carbocycles. The molecule has 1 aromatic carbocycles. The number of hydrogen-bond acceptors (Lipinski definition) is 1. The lowest BCUT2D eigenvalue weighted by Crippen LogP contribution is -2.06. The first-order chi connectivity index (χ1) is 9.20. The fourth-order valence-corrected chi connectivity index (χ4v) is 2.47. The van der Waals surface area contributed by atoms with Crippen molar-refractivity contribution in [2.45, 2.75) is 33.1 Å². The van der Waals surface area contributed by atoms with Crippen LogP contribution in [0.4, 0.5) is 0 Å². The molecule has 0 amide bonds. The molecule has 19 heavy (non-hydrogen) atoms. The van der Waals surface area contributed by atoms with Crippen molar-refractivity contribution in [3.05, 3.63) is 53.1 Å². The minimum atomic E-state index is 0.805. The highest BCUT2D eigenvalue weighted by Crippen LogP contribution is 2.12. The number of nitrogens with zero attached hydrogens (tertiary/aromatic N) is 1. The predicted molar refractivity (Wildman–Crippen MR) is 88.7 cm³/mol. The second-order valence-electron chi connectivity index (χ2n) is 4.95. The van der Waals surface area contributed by atoms with Crippen molar-refractivity contribution < 1.29 is 0 Å². The van der Waals surface area contributed by atoms with Crippen molar-refractivity contribution in [2.24, 2.45) is 4.99 Å². The van der Waals surface area contributed by atoms with Crippen molar-refractivity contribution in [1.29, 1.82) is 0 Å². The summed E-state index contributed by atoms with van der Waals surface area (Å²) in [6.07, 6.45) is 10.0. The van der Waals surface area contributed by atoms with E-state index in [1.165, 1.54) is 34.1 Å². The molecule has 0 spiro atoms. The van der Waals surface area contributed by atoms with Crippen LogP contribution < -0.4 is 5.30 Å². The maximum Gasteiger partial charge on any atom is 0.0640 e. The van der Waals surface area contributed by atoms with E-state index in [0.29, 0.717) is 0 Å². The maximum atomic E-state index is 4.79. The summed E-state index contributed by atoms with van der Waals surface area (Å²) < 4.78 is 0. The Hall–Kier alpha value is -1.20. The molecular formula is C17H22NP. The molecule has 1 nitrogen and oxygen atoms in total. The van der Waals surface area contributed by atoms with Gasteiger partial charge in [-0.05, 0) is 54.3 Å². The minimum absolute atomic E-state index is 0.805. The first-order valence-corrected chi connectivity index (χ1v) is 7.54. The van der Waals surface area contributed by atoms with Gasteiger partial charge in [-0.2, -0.15) is 0 Å². The molecule has 0 saturated carbocycles. The van der Waals surface area contributed by atoms with Crippen LogP contribution in [0.2, 0.25) is 0 Å². The van der Waals surface area contributed by atoms with E-state index in [1.54, 1.807) is 0 Å². The van der Waals surface area contributed by atoms with Gasteiger partial charge in [-0.3, -0.25) is 4.99 Å². The normalized spacial score (nSPS) is 15.5. The number of hydrogen-bond donors (Lipinski definition) is 0. The van der Waals surface area contributed by atoms with E-state index in [1.807, 2.05) is 0 Å². The van der Waals surface area contributed by atoms with Crippen LogP contribution in [-0.2, 0) is 0 Å². The zero-order chi connectivity index (χ0) is 13.7. The standard InChI is InChI=1S/C17H22NP/c1-3-16(15-10-9-13(2)17(19)11-15)18-12-14-7-5-4-6-8-14/h5,7-11H,3-4,6,12,19H2,1-2H3. The fraction of sp³-hybridized carbons (Fsp3) is 0.353. The molecule has 100 valence electrons. The van der Waals surface area contributed by atoms with Gasteiger partial charge in [-0.15, -0.1) is 9.24 Å². The molecule has 0 saturated heterocycles. The second kappa shape index (κ2) is 6.82. The molecule has 1 aliphatic rings. The van der Waals surface area contributed by atoms with Gasteiger partial charge in [0.25, 0.3) is 0 Å². The summed E-state index contributed by atoms with van der Waals surface area (Å²) in [6.45, 7) is 5.11. The molecule has 0 bridgehead atoms. The van der Waals surface area contributed by atoms with Gasteiger partial charge in [0.15, 0.2) is 0 Å². The number of aryl methyl sites for hydroxylation is 1. The van der Waals surface area contributed by atoms with Gasteiger partial charge >= 0.3 is 0 Å². The lowest BCUT2D eigenvalue weighted by atomic mass is 10.0. The van der Waals surface area contributed by atoms with E-state index >= 15 is 0 Å². The summed E-state index contributed by atoms with van der Waals surface area (Å²) in [5, 5.41) is 1.26. The molecule has 0 fully saturated rings. The Morgan fingerprint density at radius 1 is 1.32 bits per heavy atom. The van der Waals surface area contributed by atoms with Crippen molar-refractivity contribution >= 4 is 20.3 Å². The number of rotatable bonds is 4. The summed E-state index contributed by atoms with van der Waals surface area (Å²) in [6, 6.07) is 6.56. The molecular weight excluding hydrogens is 249 g/mol. The van der Waals surface area contributed by atoms with Gasteiger partial charge in [0, 0.05) is 5.71 Å². The number of aliphatic imine (C=N–C) groups is 1. The second-order valence-corrected chi connectivity index (χ2v) is 5.57. The van der Waals surface area contributed by atoms with Gasteiger partial charge in [0.05, 0.1) is 6.54 Å². The Morgan fingerprint density at radius 3 is 2.79 bits per heavy atom. The predicted octanol–water partition coefficient (Wildman–Crippen LogP) is 3.97. The van der Waals surface area contributed by atoms with E-state index in [-0.39, 0.29) is 0 Å². The third-order valence-corrected chi connectivity index (χ3v) is 4.09. The van der Waals surface area contributed by atoms with Crippen LogP contribution in [0.5, 0.6) is 0 Å². The molecule has 0 radical (unpaired) electrons. The van der Waals surface area contributed by atoms with Crippen molar-refractivity contribution in [1.82, 2.24) is 0 Å². The Bertz CT molecular complexity index is 538. The smallest absolute Gasteiger partial charge is 0.0640 e. The topological polar surface area (TPSA) is 12.4 Å². The molecule has 0 aliphatic heterocycles. The summed E-state index contributed by atoms with van der Waals surface area (Å²) in [5.74, 6) is 0. The Labute approximate surface area is 118 Å². The average molecular weight is 271 g/mol. The highest BCUT2D eigenvalue weighted by Gasteiger charge is 2.04. The van der Waals surface area contributed by atoms with Crippen LogP contribution in [0, 0.1) is 6.92 Å². The Balaban J connectivity index is 2.16. The molecule has 1 unspecified atom stereocenters. The Kier molecular flexibility index (Phi) is 5.10. The lowest BCUT2D eigenvalue weighted by molar-refractivity contribution is 0.993. The summed E-state index contributed by atoms with van der Waals surface area (Å²) in [4.78, 5) is 4.79. The van der Waals surface area contributed by atoms with Crippen LogP contribution in [0.15, 0.2) is 47.0 Å². The minimum Gasteiger partial charge on any atom is -0.284 e. The molecule has 1 atom stereocenters. The first kappa shape index (κ1) is 14.2.